The Kier molecular flexibility index (Phi) is 3.82. The molecule has 21 heavy (non-hydrogen) atoms. The SMILES string of the molecule is CS(=O)(=O)CCn1c(-c2ccccc2)nc2c1CCNC2. The van der Waals surface area contributed by atoms with E-state index in [1.54, 1.807) is 0 Å². The number of sulfone groups is 1. The molecule has 2 heterocycles. The third-order valence-corrected chi connectivity index (χ3v) is 4.63. The first-order valence-electron chi connectivity index (χ1n) is 7.07. The second-order valence-corrected chi connectivity index (χ2v) is 7.66. The molecule has 1 N–H and O–H groups in total. The monoisotopic (exact) mass is 305 g/mol. The minimum atomic E-state index is -2.99. The van der Waals surface area contributed by atoms with Crippen LogP contribution in [0.15, 0.2) is 30.3 Å². The zero-order chi connectivity index (χ0) is 14.9. The van der Waals surface area contributed by atoms with Crippen molar-refractivity contribution in [3.8, 4) is 11.4 Å². The van der Waals surface area contributed by atoms with Gasteiger partial charge in [0.1, 0.15) is 15.7 Å². The lowest BCUT2D eigenvalue weighted by Crippen LogP contribution is -2.25. The van der Waals surface area contributed by atoms with Crippen LogP contribution in [0.3, 0.4) is 0 Å². The molecule has 0 unspecified atom stereocenters. The maximum atomic E-state index is 11.5. The molecule has 0 saturated heterocycles. The summed E-state index contributed by atoms with van der Waals surface area (Å²) in [7, 11) is -2.99. The topological polar surface area (TPSA) is 64.0 Å². The molecule has 2 aromatic rings. The van der Waals surface area contributed by atoms with E-state index in [1.165, 1.54) is 6.26 Å². The van der Waals surface area contributed by atoms with Crippen molar-refractivity contribution in [3.05, 3.63) is 41.7 Å². The Hall–Kier alpha value is -1.66. The average molecular weight is 305 g/mol. The average Bonchev–Trinajstić information content (AvgIpc) is 2.84. The largest absolute Gasteiger partial charge is 0.327 e. The molecule has 0 amide bonds. The van der Waals surface area contributed by atoms with Crippen molar-refractivity contribution < 1.29 is 8.42 Å². The predicted molar refractivity (Wildman–Crippen MR) is 82.8 cm³/mol. The van der Waals surface area contributed by atoms with Gasteiger partial charge in [-0.25, -0.2) is 13.4 Å². The lowest BCUT2D eigenvalue weighted by molar-refractivity contribution is 0.582. The van der Waals surface area contributed by atoms with Gasteiger partial charge in [0.15, 0.2) is 0 Å². The molecule has 3 rings (SSSR count). The Labute approximate surface area is 124 Å². The Bertz CT molecular complexity index is 736. The molecule has 1 aliphatic heterocycles. The first kappa shape index (κ1) is 14.3. The van der Waals surface area contributed by atoms with Gasteiger partial charge in [0, 0.05) is 43.6 Å². The van der Waals surface area contributed by atoms with Crippen LogP contribution in [-0.4, -0.2) is 36.5 Å². The van der Waals surface area contributed by atoms with E-state index in [1.807, 2.05) is 30.3 Å². The van der Waals surface area contributed by atoms with Crippen LogP contribution in [0.4, 0.5) is 0 Å². The van der Waals surface area contributed by atoms with Crippen molar-refractivity contribution in [1.29, 1.82) is 0 Å². The summed E-state index contributed by atoms with van der Waals surface area (Å²) in [5.74, 6) is 1.01. The van der Waals surface area contributed by atoms with E-state index in [9.17, 15) is 8.42 Å². The fourth-order valence-corrected chi connectivity index (χ4v) is 3.19. The first-order valence-corrected chi connectivity index (χ1v) is 9.13. The van der Waals surface area contributed by atoms with E-state index in [0.29, 0.717) is 6.54 Å². The number of aromatic nitrogens is 2. The Morgan fingerprint density at radius 1 is 1.29 bits per heavy atom. The highest BCUT2D eigenvalue weighted by atomic mass is 32.2. The molecule has 1 aromatic carbocycles. The van der Waals surface area contributed by atoms with E-state index in [4.69, 9.17) is 4.98 Å². The second-order valence-electron chi connectivity index (χ2n) is 5.40. The summed E-state index contributed by atoms with van der Waals surface area (Å²) in [6.07, 6.45) is 2.17. The minimum Gasteiger partial charge on any atom is -0.327 e. The smallest absolute Gasteiger partial charge is 0.149 e. The van der Waals surface area contributed by atoms with Gasteiger partial charge < -0.3 is 9.88 Å². The number of imidazole rings is 1. The van der Waals surface area contributed by atoms with Crippen molar-refractivity contribution in [2.24, 2.45) is 0 Å². The quantitative estimate of drug-likeness (QED) is 0.923. The van der Waals surface area contributed by atoms with E-state index >= 15 is 0 Å². The molecular weight excluding hydrogens is 286 g/mol. The van der Waals surface area contributed by atoms with Crippen LogP contribution in [-0.2, 0) is 29.3 Å². The minimum absolute atomic E-state index is 0.142. The van der Waals surface area contributed by atoms with Gasteiger partial charge in [-0.05, 0) is 0 Å². The zero-order valence-corrected chi connectivity index (χ0v) is 12.9. The summed E-state index contributed by atoms with van der Waals surface area (Å²) in [6, 6.07) is 9.94. The van der Waals surface area contributed by atoms with Crippen molar-refractivity contribution in [2.45, 2.75) is 19.5 Å². The molecule has 0 aliphatic carbocycles. The molecule has 0 radical (unpaired) electrons. The molecule has 6 heteroatoms. The van der Waals surface area contributed by atoms with Gasteiger partial charge in [0.2, 0.25) is 0 Å². The lowest BCUT2D eigenvalue weighted by Gasteiger charge is -2.16. The molecule has 0 spiro atoms. The molecule has 1 aliphatic rings. The lowest BCUT2D eigenvalue weighted by atomic mass is 10.2. The fraction of sp³-hybridized carbons (Fsp3) is 0.400. The summed E-state index contributed by atoms with van der Waals surface area (Å²) in [4.78, 5) is 4.73. The molecule has 1 aromatic heterocycles. The normalized spacial score (nSPS) is 14.9. The number of hydrogen-bond donors (Lipinski definition) is 1. The summed E-state index contributed by atoms with van der Waals surface area (Å²) in [5, 5.41) is 3.31. The Morgan fingerprint density at radius 2 is 2.05 bits per heavy atom. The van der Waals surface area contributed by atoms with E-state index in [-0.39, 0.29) is 5.75 Å². The Balaban J connectivity index is 2.04. The van der Waals surface area contributed by atoms with Crippen LogP contribution in [0.25, 0.3) is 11.4 Å². The van der Waals surface area contributed by atoms with Crippen LogP contribution >= 0.6 is 0 Å². The van der Waals surface area contributed by atoms with Crippen LogP contribution < -0.4 is 5.32 Å². The third-order valence-electron chi connectivity index (χ3n) is 3.70. The number of benzene rings is 1. The summed E-state index contributed by atoms with van der Waals surface area (Å²) < 4.78 is 25.1. The highest BCUT2D eigenvalue weighted by Gasteiger charge is 2.21. The molecule has 112 valence electrons. The molecular formula is C15H19N3O2S. The van der Waals surface area contributed by atoms with Gasteiger partial charge in [-0.3, -0.25) is 0 Å². The summed E-state index contributed by atoms with van der Waals surface area (Å²) >= 11 is 0. The van der Waals surface area contributed by atoms with E-state index in [0.717, 1.165) is 42.3 Å². The van der Waals surface area contributed by atoms with Crippen LogP contribution in [0.2, 0.25) is 0 Å². The van der Waals surface area contributed by atoms with E-state index in [2.05, 4.69) is 9.88 Å². The molecule has 0 saturated carbocycles. The first-order chi connectivity index (χ1) is 10.0. The van der Waals surface area contributed by atoms with Gasteiger partial charge in [-0.1, -0.05) is 30.3 Å². The van der Waals surface area contributed by atoms with Crippen molar-refractivity contribution in [2.75, 3.05) is 18.6 Å². The summed E-state index contributed by atoms with van der Waals surface area (Å²) in [5.41, 5.74) is 3.23. The highest BCUT2D eigenvalue weighted by Crippen LogP contribution is 2.24. The number of nitrogens with one attached hydrogen (secondary N) is 1. The third kappa shape index (κ3) is 3.16. The predicted octanol–water partition coefficient (Wildman–Crippen LogP) is 1.24. The van der Waals surface area contributed by atoms with E-state index < -0.39 is 9.84 Å². The molecule has 0 atom stereocenters. The zero-order valence-electron chi connectivity index (χ0n) is 12.0. The fourth-order valence-electron chi connectivity index (χ4n) is 2.68. The molecule has 0 bridgehead atoms. The number of hydrogen-bond acceptors (Lipinski definition) is 4. The standard InChI is InChI=1S/C15H19N3O2S/c1-21(19,20)10-9-18-14-7-8-16-11-13(14)17-15(18)12-5-3-2-4-6-12/h2-6,16H,7-11H2,1H3. The number of fused-ring (bicyclic) bond motifs is 1. The van der Waals surface area contributed by atoms with Crippen molar-refractivity contribution in [3.63, 3.8) is 0 Å². The van der Waals surface area contributed by atoms with Crippen LogP contribution in [0, 0.1) is 0 Å². The van der Waals surface area contributed by atoms with Crippen molar-refractivity contribution >= 4 is 9.84 Å². The highest BCUT2D eigenvalue weighted by molar-refractivity contribution is 7.90. The Morgan fingerprint density at radius 3 is 2.76 bits per heavy atom. The van der Waals surface area contributed by atoms with Gasteiger partial charge in [-0.2, -0.15) is 0 Å². The second kappa shape index (κ2) is 5.61. The van der Waals surface area contributed by atoms with Gasteiger partial charge >= 0.3 is 0 Å². The van der Waals surface area contributed by atoms with Gasteiger partial charge in [-0.15, -0.1) is 0 Å². The maximum absolute atomic E-state index is 11.5. The van der Waals surface area contributed by atoms with Gasteiger partial charge in [0.05, 0.1) is 11.4 Å². The maximum Gasteiger partial charge on any atom is 0.149 e. The summed E-state index contributed by atoms with van der Waals surface area (Å²) in [6.45, 7) is 2.12. The molecule has 0 fully saturated rings. The van der Waals surface area contributed by atoms with Crippen molar-refractivity contribution in [1.82, 2.24) is 14.9 Å². The number of nitrogens with zero attached hydrogens (tertiary/aromatic N) is 2. The number of rotatable bonds is 4. The van der Waals surface area contributed by atoms with Crippen LogP contribution in [0.5, 0.6) is 0 Å². The molecule has 5 nitrogen and oxygen atoms in total. The van der Waals surface area contributed by atoms with Gasteiger partial charge in [0.25, 0.3) is 0 Å². The van der Waals surface area contributed by atoms with Crippen LogP contribution in [0.1, 0.15) is 11.4 Å².